The minimum absolute atomic E-state index is 0.158. The van der Waals surface area contributed by atoms with E-state index in [0.717, 1.165) is 10.5 Å². The molecule has 0 radical (unpaired) electrons. The summed E-state index contributed by atoms with van der Waals surface area (Å²) in [5, 5.41) is 0. The van der Waals surface area contributed by atoms with Crippen molar-refractivity contribution in [3.63, 3.8) is 0 Å². The summed E-state index contributed by atoms with van der Waals surface area (Å²) in [6, 6.07) is 15.3. The first-order chi connectivity index (χ1) is 11.5. The van der Waals surface area contributed by atoms with Crippen LogP contribution in [0.4, 0.5) is 0 Å². The zero-order valence-corrected chi connectivity index (χ0v) is 14.5. The summed E-state index contributed by atoms with van der Waals surface area (Å²) in [7, 11) is 0. The van der Waals surface area contributed by atoms with Crippen LogP contribution in [0.3, 0.4) is 0 Å². The third-order valence-corrected chi connectivity index (χ3v) is 4.10. The van der Waals surface area contributed by atoms with Gasteiger partial charge in [0.15, 0.2) is 6.61 Å². The molecule has 126 valence electrons. The minimum atomic E-state index is -0.412. The van der Waals surface area contributed by atoms with E-state index in [-0.39, 0.29) is 18.3 Å². The van der Waals surface area contributed by atoms with Crippen molar-refractivity contribution in [3.8, 4) is 5.75 Å². The number of rotatable bonds is 6. The fourth-order valence-corrected chi connectivity index (χ4v) is 2.55. The number of thioether (sulfide) groups is 1. The van der Waals surface area contributed by atoms with Crippen molar-refractivity contribution in [2.24, 2.45) is 0 Å². The van der Waals surface area contributed by atoms with Crippen molar-refractivity contribution in [2.45, 2.75) is 18.7 Å². The van der Waals surface area contributed by atoms with Crippen LogP contribution in [0.1, 0.15) is 11.1 Å². The normalized spacial score (nSPS) is 10.1. The molecule has 5 nitrogen and oxygen atoms in total. The van der Waals surface area contributed by atoms with E-state index < -0.39 is 5.91 Å². The van der Waals surface area contributed by atoms with E-state index in [1.807, 2.05) is 56.3 Å². The number of amides is 2. The molecule has 0 saturated carbocycles. The summed E-state index contributed by atoms with van der Waals surface area (Å²) in [5.41, 5.74) is 6.93. The molecule has 0 aromatic heterocycles. The lowest BCUT2D eigenvalue weighted by molar-refractivity contribution is -0.128. The highest BCUT2D eigenvalue weighted by Gasteiger charge is 2.06. The Kier molecular flexibility index (Phi) is 6.69. The van der Waals surface area contributed by atoms with E-state index >= 15 is 0 Å². The van der Waals surface area contributed by atoms with Crippen LogP contribution in [-0.4, -0.2) is 24.2 Å². The fraction of sp³-hybridized carbons (Fsp3) is 0.222. The molecule has 0 aliphatic carbocycles. The molecule has 2 aromatic rings. The van der Waals surface area contributed by atoms with E-state index in [4.69, 9.17) is 4.74 Å². The summed E-state index contributed by atoms with van der Waals surface area (Å²) in [6.07, 6.45) is 0. The number of hydrogen-bond donors (Lipinski definition) is 2. The van der Waals surface area contributed by atoms with E-state index in [2.05, 4.69) is 10.9 Å². The zero-order chi connectivity index (χ0) is 17.4. The summed E-state index contributed by atoms with van der Waals surface area (Å²) >= 11 is 1.41. The molecule has 0 saturated heterocycles. The van der Waals surface area contributed by atoms with Gasteiger partial charge < -0.3 is 4.74 Å². The first-order valence-corrected chi connectivity index (χ1v) is 8.48. The maximum atomic E-state index is 11.7. The van der Waals surface area contributed by atoms with Crippen molar-refractivity contribution in [1.82, 2.24) is 10.9 Å². The Hall–Kier alpha value is -2.47. The predicted molar refractivity (Wildman–Crippen MR) is 94.9 cm³/mol. The quantitative estimate of drug-likeness (QED) is 0.624. The van der Waals surface area contributed by atoms with Crippen molar-refractivity contribution in [2.75, 3.05) is 12.4 Å². The first kappa shape index (κ1) is 17.9. The third-order valence-electron chi connectivity index (χ3n) is 3.09. The van der Waals surface area contributed by atoms with Gasteiger partial charge in [0.05, 0.1) is 5.75 Å². The van der Waals surface area contributed by atoms with E-state index in [1.165, 1.54) is 17.3 Å². The molecule has 0 fully saturated rings. The Morgan fingerprint density at radius 2 is 1.67 bits per heavy atom. The Labute approximate surface area is 145 Å². The second-order valence-electron chi connectivity index (χ2n) is 5.30. The molecule has 2 rings (SSSR count). The average molecular weight is 344 g/mol. The monoisotopic (exact) mass is 344 g/mol. The van der Waals surface area contributed by atoms with E-state index in [1.54, 1.807) is 6.07 Å². The number of carbonyl (C=O) groups is 2. The van der Waals surface area contributed by atoms with Gasteiger partial charge in [0.1, 0.15) is 5.75 Å². The van der Waals surface area contributed by atoms with E-state index in [0.29, 0.717) is 5.75 Å². The van der Waals surface area contributed by atoms with Gasteiger partial charge >= 0.3 is 0 Å². The summed E-state index contributed by atoms with van der Waals surface area (Å²) in [4.78, 5) is 24.4. The Morgan fingerprint density at radius 3 is 2.38 bits per heavy atom. The van der Waals surface area contributed by atoms with Gasteiger partial charge in [0.2, 0.25) is 5.91 Å². The van der Waals surface area contributed by atoms with Crippen LogP contribution in [-0.2, 0) is 9.59 Å². The molecule has 24 heavy (non-hydrogen) atoms. The van der Waals surface area contributed by atoms with Gasteiger partial charge in [-0.3, -0.25) is 20.4 Å². The van der Waals surface area contributed by atoms with Gasteiger partial charge in [0.25, 0.3) is 5.91 Å². The van der Waals surface area contributed by atoms with Crippen molar-refractivity contribution in [3.05, 3.63) is 59.7 Å². The number of hydrogen-bond acceptors (Lipinski definition) is 4. The molecule has 2 aromatic carbocycles. The average Bonchev–Trinajstić information content (AvgIpc) is 2.57. The molecule has 6 heteroatoms. The van der Waals surface area contributed by atoms with Crippen molar-refractivity contribution < 1.29 is 14.3 Å². The van der Waals surface area contributed by atoms with Gasteiger partial charge in [-0.05, 0) is 43.7 Å². The number of aryl methyl sites for hydroxylation is 2. The third kappa shape index (κ3) is 6.34. The Balaban J connectivity index is 1.65. The maximum absolute atomic E-state index is 11.7. The summed E-state index contributed by atoms with van der Waals surface area (Å²) in [5.74, 6) is 0.156. The van der Waals surface area contributed by atoms with Gasteiger partial charge in [-0.15, -0.1) is 11.8 Å². The Bertz CT molecular complexity index is 702. The van der Waals surface area contributed by atoms with Crippen LogP contribution in [0.5, 0.6) is 5.75 Å². The molecule has 2 amide bonds. The molecule has 0 aliphatic heterocycles. The van der Waals surface area contributed by atoms with Crippen LogP contribution in [0.15, 0.2) is 53.4 Å². The lowest BCUT2D eigenvalue weighted by atomic mass is 10.2. The summed E-state index contributed by atoms with van der Waals surface area (Å²) < 4.78 is 5.35. The van der Waals surface area contributed by atoms with E-state index in [9.17, 15) is 9.59 Å². The Morgan fingerprint density at radius 1 is 0.958 bits per heavy atom. The highest BCUT2D eigenvalue weighted by molar-refractivity contribution is 8.00. The number of hydrazine groups is 1. The van der Waals surface area contributed by atoms with Gasteiger partial charge in [-0.25, -0.2) is 0 Å². The van der Waals surface area contributed by atoms with Gasteiger partial charge in [0, 0.05) is 4.90 Å². The van der Waals surface area contributed by atoms with Gasteiger partial charge in [-0.1, -0.05) is 29.8 Å². The second-order valence-corrected chi connectivity index (χ2v) is 6.35. The van der Waals surface area contributed by atoms with Crippen LogP contribution < -0.4 is 15.6 Å². The van der Waals surface area contributed by atoms with Crippen molar-refractivity contribution >= 4 is 23.6 Å². The lowest BCUT2D eigenvalue weighted by Gasteiger charge is -2.09. The largest absolute Gasteiger partial charge is 0.484 e. The highest BCUT2D eigenvalue weighted by atomic mass is 32.2. The fourth-order valence-electron chi connectivity index (χ4n) is 1.85. The SMILES string of the molecule is Cc1ccc(SCC(=O)NNC(=O)COc2cccc(C)c2)cc1. The molecule has 0 aliphatic rings. The molecule has 0 atom stereocenters. The van der Waals surface area contributed by atoms with Crippen LogP contribution >= 0.6 is 11.8 Å². The second kappa shape index (κ2) is 8.98. The molecular formula is C18H20N2O3S. The predicted octanol–water partition coefficient (Wildman–Crippen LogP) is 2.62. The number of ether oxygens (including phenoxy) is 1. The first-order valence-electron chi connectivity index (χ1n) is 7.49. The molecular weight excluding hydrogens is 324 g/mol. The molecule has 0 unspecified atom stereocenters. The smallest absolute Gasteiger partial charge is 0.276 e. The molecule has 0 bridgehead atoms. The standard InChI is InChI=1S/C18H20N2O3S/c1-13-6-8-16(9-7-13)24-12-18(22)20-19-17(21)11-23-15-5-3-4-14(2)10-15/h3-10H,11-12H2,1-2H3,(H,19,21)(H,20,22). The van der Waals surface area contributed by atoms with Crippen LogP contribution in [0.25, 0.3) is 0 Å². The van der Waals surface area contributed by atoms with Crippen molar-refractivity contribution in [1.29, 1.82) is 0 Å². The topological polar surface area (TPSA) is 67.4 Å². The van der Waals surface area contributed by atoms with Crippen LogP contribution in [0, 0.1) is 13.8 Å². The number of carbonyl (C=O) groups excluding carboxylic acids is 2. The number of benzene rings is 2. The highest BCUT2D eigenvalue weighted by Crippen LogP contribution is 2.17. The maximum Gasteiger partial charge on any atom is 0.276 e. The van der Waals surface area contributed by atoms with Crippen LogP contribution in [0.2, 0.25) is 0 Å². The lowest BCUT2D eigenvalue weighted by Crippen LogP contribution is -2.44. The zero-order valence-electron chi connectivity index (χ0n) is 13.7. The summed E-state index contributed by atoms with van der Waals surface area (Å²) in [6.45, 7) is 3.79. The molecule has 0 heterocycles. The van der Waals surface area contributed by atoms with Gasteiger partial charge in [-0.2, -0.15) is 0 Å². The molecule has 0 spiro atoms. The minimum Gasteiger partial charge on any atom is -0.484 e. The molecule has 2 N–H and O–H groups in total. The number of nitrogens with one attached hydrogen (secondary N) is 2.